The number of amides is 2. The van der Waals surface area contributed by atoms with Crippen LogP contribution in [-0.2, 0) is 14.3 Å². The fraction of sp³-hybridized carbons (Fsp3) is 0.435. The first kappa shape index (κ1) is 20.8. The predicted molar refractivity (Wildman–Crippen MR) is 117 cm³/mol. The number of rotatable bonds is 8. The third-order valence-electron chi connectivity index (χ3n) is 5.56. The van der Waals surface area contributed by atoms with E-state index in [0.717, 1.165) is 29.0 Å². The van der Waals surface area contributed by atoms with Crippen LogP contribution in [0.15, 0.2) is 46.9 Å². The van der Waals surface area contributed by atoms with E-state index in [-0.39, 0.29) is 30.3 Å². The average molecular weight is 426 g/mol. The predicted octanol–water partition coefficient (Wildman–Crippen LogP) is 3.62. The Morgan fingerprint density at radius 2 is 2.00 bits per heavy atom. The molecule has 1 fully saturated rings. The second kappa shape index (κ2) is 9.10. The van der Waals surface area contributed by atoms with Crippen molar-refractivity contribution in [1.82, 2.24) is 9.91 Å². The van der Waals surface area contributed by atoms with Gasteiger partial charge in [-0.05, 0) is 36.8 Å². The highest BCUT2D eigenvalue weighted by atomic mass is 32.1. The Kier molecular flexibility index (Phi) is 6.29. The molecule has 30 heavy (non-hydrogen) atoms. The first-order valence-corrected chi connectivity index (χ1v) is 11.2. The maximum absolute atomic E-state index is 13.3. The monoisotopic (exact) mass is 425 g/mol. The van der Waals surface area contributed by atoms with Gasteiger partial charge < -0.3 is 9.64 Å². The van der Waals surface area contributed by atoms with E-state index in [1.165, 1.54) is 5.56 Å². The molecule has 0 saturated heterocycles. The molecule has 2 heterocycles. The Morgan fingerprint density at radius 1 is 1.23 bits per heavy atom. The number of methoxy groups -OCH3 is 1. The van der Waals surface area contributed by atoms with Crippen molar-refractivity contribution < 1.29 is 14.3 Å². The molecule has 6 nitrogen and oxygen atoms in total. The summed E-state index contributed by atoms with van der Waals surface area (Å²) < 4.78 is 5.15. The quantitative estimate of drug-likeness (QED) is 0.649. The lowest BCUT2D eigenvalue weighted by atomic mass is 10.00. The summed E-state index contributed by atoms with van der Waals surface area (Å²) >= 11 is 1.63. The molecule has 1 atom stereocenters. The molecule has 1 aromatic carbocycles. The van der Waals surface area contributed by atoms with E-state index in [1.807, 2.05) is 24.4 Å². The molecule has 2 amide bonds. The summed E-state index contributed by atoms with van der Waals surface area (Å²) in [6.45, 7) is 2.91. The van der Waals surface area contributed by atoms with Gasteiger partial charge in [-0.25, -0.2) is 5.01 Å². The van der Waals surface area contributed by atoms with Crippen LogP contribution in [0.25, 0.3) is 0 Å². The molecule has 7 heteroatoms. The van der Waals surface area contributed by atoms with Gasteiger partial charge >= 0.3 is 0 Å². The topological polar surface area (TPSA) is 62.2 Å². The second-order valence-electron chi connectivity index (χ2n) is 7.92. The van der Waals surface area contributed by atoms with Crippen LogP contribution in [0.3, 0.4) is 0 Å². The maximum Gasteiger partial charge on any atom is 0.262 e. The highest BCUT2D eigenvalue weighted by Crippen LogP contribution is 2.35. The molecule has 1 aliphatic carbocycles. The zero-order valence-electron chi connectivity index (χ0n) is 17.4. The third-order valence-corrected chi connectivity index (χ3v) is 6.48. The lowest BCUT2D eigenvalue weighted by molar-refractivity contribution is -0.142. The fourth-order valence-electron chi connectivity index (χ4n) is 3.67. The average Bonchev–Trinajstić information content (AvgIpc) is 3.26. The van der Waals surface area contributed by atoms with E-state index >= 15 is 0 Å². The van der Waals surface area contributed by atoms with Gasteiger partial charge in [0.1, 0.15) is 6.54 Å². The van der Waals surface area contributed by atoms with E-state index in [2.05, 4.69) is 24.3 Å². The van der Waals surface area contributed by atoms with Gasteiger partial charge in [-0.2, -0.15) is 5.10 Å². The molecular formula is C23H27N3O3S. The van der Waals surface area contributed by atoms with Crippen molar-refractivity contribution in [3.63, 3.8) is 0 Å². The third kappa shape index (κ3) is 4.63. The molecule has 1 aliphatic heterocycles. The number of nitrogens with zero attached hydrogens (tertiary/aromatic N) is 3. The van der Waals surface area contributed by atoms with Gasteiger partial charge in [0, 0.05) is 26.0 Å². The second-order valence-corrected chi connectivity index (χ2v) is 8.87. The van der Waals surface area contributed by atoms with Crippen LogP contribution in [0.4, 0.5) is 0 Å². The highest BCUT2D eigenvalue weighted by Gasteiger charge is 2.37. The molecule has 1 saturated carbocycles. The zero-order chi connectivity index (χ0) is 21.1. The molecule has 0 radical (unpaired) electrons. The molecule has 0 N–H and O–H groups in total. The maximum atomic E-state index is 13.3. The van der Waals surface area contributed by atoms with Crippen LogP contribution in [0, 0.1) is 12.8 Å². The summed E-state index contributed by atoms with van der Waals surface area (Å²) in [6, 6.07) is 12.1. The van der Waals surface area contributed by atoms with Gasteiger partial charge in [-0.3, -0.25) is 9.59 Å². The Hall–Kier alpha value is -2.51. The largest absolute Gasteiger partial charge is 0.383 e. The molecule has 0 unspecified atom stereocenters. The van der Waals surface area contributed by atoms with Crippen LogP contribution in [0.5, 0.6) is 0 Å². The molecular weight excluding hydrogens is 398 g/mol. The Morgan fingerprint density at radius 3 is 2.63 bits per heavy atom. The van der Waals surface area contributed by atoms with Crippen LogP contribution in [0.2, 0.25) is 0 Å². The van der Waals surface area contributed by atoms with Crippen molar-refractivity contribution in [3.8, 4) is 0 Å². The molecule has 2 aliphatic rings. The van der Waals surface area contributed by atoms with Gasteiger partial charge in [0.05, 0.1) is 23.2 Å². The first-order valence-electron chi connectivity index (χ1n) is 10.3. The van der Waals surface area contributed by atoms with Crippen LogP contribution >= 0.6 is 11.3 Å². The van der Waals surface area contributed by atoms with Gasteiger partial charge in [0.15, 0.2) is 0 Å². The summed E-state index contributed by atoms with van der Waals surface area (Å²) in [5, 5.41) is 8.31. The molecule has 4 rings (SSSR count). The minimum absolute atomic E-state index is 0.0300. The number of benzene rings is 1. The summed E-state index contributed by atoms with van der Waals surface area (Å²) in [5.74, 6) is -0.0440. The Balaban J connectivity index is 1.57. The molecule has 158 valence electrons. The summed E-state index contributed by atoms with van der Waals surface area (Å²) in [6.07, 6.45) is 2.49. The van der Waals surface area contributed by atoms with Crippen molar-refractivity contribution in [3.05, 3.63) is 57.8 Å². The molecule has 1 aromatic heterocycles. The SMILES string of the molecule is COCCN(CC(=O)N1N=C(c2cccs2)C[C@H]1c1ccc(C)cc1)C(=O)C1CC1. The standard InChI is InChI=1S/C23H27N3O3S/c1-16-5-7-17(8-6-16)20-14-19(21-4-3-13-30-21)24-26(20)22(27)15-25(11-12-29-2)23(28)18-9-10-18/h3-8,13,18,20H,9-12,14-15H2,1-2H3/t20-/m0/s1. The number of hydrogen-bond donors (Lipinski definition) is 0. The number of carbonyl (C=O) groups is 2. The normalized spacial score (nSPS) is 18.4. The van der Waals surface area contributed by atoms with Gasteiger partial charge in [-0.15, -0.1) is 11.3 Å². The number of thiophene rings is 1. The van der Waals surface area contributed by atoms with E-state index in [9.17, 15) is 9.59 Å². The lowest BCUT2D eigenvalue weighted by Crippen LogP contribution is -2.43. The van der Waals surface area contributed by atoms with E-state index in [1.54, 1.807) is 28.4 Å². The van der Waals surface area contributed by atoms with Crippen molar-refractivity contribution in [1.29, 1.82) is 0 Å². The summed E-state index contributed by atoms with van der Waals surface area (Å²) in [4.78, 5) is 28.7. The van der Waals surface area contributed by atoms with Crippen LogP contribution in [0.1, 0.15) is 41.3 Å². The minimum atomic E-state index is -0.157. The van der Waals surface area contributed by atoms with Crippen molar-refractivity contribution in [2.24, 2.45) is 11.0 Å². The van der Waals surface area contributed by atoms with Crippen LogP contribution < -0.4 is 0 Å². The molecule has 0 spiro atoms. The number of carbonyl (C=O) groups excluding carboxylic acids is 2. The molecule has 0 bridgehead atoms. The highest BCUT2D eigenvalue weighted by molar-refractivity contribution is 7.12. The molecule has 2 aromatic rings. The smallest absolute Gasteiger partial charge is 0.262 e. The summed E-state index contributed by atoms with van der Waals surface area (Å²) in [7, 11) is 1.60. The zero-order valence-corrected chi connectivity index (χ0v) is 18.2. The lowest BCUT2D eigenvalue weighted by Gasteiger charge is -2.27. The Labute approximate surface area is 181 Å². The summed E-state index contributed by atoms with van der Waals surface area (Å²) in [5.41, 5.74) is 3.15. The van der Waals surface area contributed by atoms with Crippen molar-refractivity contribution in [2.45, 2.75) is 32.2 Å². The number of ether oxygens (including phenoxy) is 1. The van der Waals surface area contributed by atoms with E-state index in [0.29, 0.717) is 19.6 Å². The first-order chi connectivity index (χ1) is 14.6. The van der Waals surface area contributed by atoms with Gasteiger partial charge in [-0.1, -0.05) is 35.9 Å². The van der Waals surface area contributed by atoms with E-state index in [4.69, 9.17) is 9.84 Å². The Bertz CT molecular complexity index is 920. The number of aryl methyl sites for hydroxylation is 1. The van der Waals surface area contributed by atoms with Crippen molar-refractivity contribution in [2.75, 3.05) is 26.8 Å². The number of hydrogen-bond acceptors (Lipinski definition) is 5. The van der Waals surface area contributed by atoms with E-state index < -0.39 is 0 Å². The van der Waals surface area contributed by atoms with Gasteiger partial charge in [0.2, 0.25) is 5.91 Å². The van der Waals surface area contributed by atoms with Crippen LogP contribution in [-0.4, -0.2) is 54.2 Å². The minimum Gasteiger partial charge on any atom is -0.383 e. The van der Waals surface area contributed by atoms with Crippen molar-refractivity contribution >= 4 is 28.9 Å². The fourth-order valence-corrected chi connectivity index (χ4v) is 4.39. The van der Waals surface area contributed by atoms with Gasteiger partial charge in [0.25, 0.3) is 5.91 Å². The number of hydrazone groups is 1.